The Hall–Kier alpha value is -3.86. The number of fused-ring (bicyclic) bond motifs is 1. The molecule has 0 atom stereocenters. The van der Waals surface area contributed by atoms with Crippen molar-refractivity contribution in [3.8, 4) is 17.1 Å². The number of hydrogen-bond donors (Lipinski definition) is 1. The lowest BCUT2D eigenvalue weighted by molar-refractivity contribution is 0.0785. The second-order valence-electron chi connectivity index (χ2n) is 7.26. The van der Waals surface area contributed by atoms with Gasteiger partial charge < -0.3 is 14.4 Å². The maximum Gasteiger partial charge on any atom is 0.257 e. The van der Waals surface area contributed by atoms with E-state index in [9.17, 15) is 14.7 Å². The molecule has 0 aliphatic rings. The van der Waals surface area contributed by atoms with Crippen LogP contribution in [0.3, 0.4) is 0 Å². The van der Waals surface area contributed by atoms with E-state index in [4.69, 9.17) is 4.42 Å². The average molecular weight is 399 g/mol. The molecule has 0 spiro atoms. The summed E-state index contributed by atoms with van der Waals surface area (Å²) in [5.74, 6) is 0.339. The number of carbonyl (C=O) groups excluding carboxylic acids is 1. The van der Waals surface area contributed by atoms with Gasteiger partial charge in [0.05, 0.1) is 10.9 Å². The van der Waals surface area contributed by atoms with E-state index in [2.05, 4.69) is 0 Å². The van der Waals surface area contributed by atoms with Gasteiger partial charge in [0, 0.05) is 24.7 Å². The van der Waals surface area contributed by atoms with Gasteiger partial charge in [-0.3, -0.25) is 9.59 Å². The number of carbonyl (C=O) groups is 1. The molecule has 150 valence electrons. The molecule has 3 aromatic carbocycles. The second-order valence-corrected chi connectivity index (χ2v) is 7.26. The molecule has 5 heteroatoms. The predicted molar refractivity (Wildman–Crippen MR) is 117 cm³/mol. The molecule has 0 unspecified atom stereocenters. The van der Waals surface area contributed by atoms with Gasteiger partial charge in [0.25, 0.3) is 5.91 Å². The molecular formula is C25H21NO4. The number of rotatable bonds is 4. The van der Waals surface area contributed by atoms with Crippen LogP contribution >= 0.6 is 0 Å². The number of para-hydroxylation sites is 1. The van der Waals surface area contributed by atoms with Crippen molar-refractivity contribution in [1.82, 2.24) is 4.90 Å². The summed E-state index contributed by atoms with van der Waals surface area (Å²) in [6.45, 7) is 2.04. The predicted octanol–water partition coefficient (Wildman–Crippen LogP) is 4.75. The first-order valence-electron chi connectivity index (χ1n) is 9.61. The Morgan fingerprint density at radius 1 is 1.00 bits per heavy atom. The van der Waals surface area contributed by atoms with Crippen LogP contribution < -0.4 is 5.43 Å². The van der Waals surface area contributed by atoms with E-state index in [0.29, 0.717) is 28.8 Å². The van der Waals surface area contributed by atoms with Crippen molar-refractivity contribution in [2.45, 2.75) is 13.5 Å². The van der Waals surface area contributed by atoms with Crippen LogP contribution in [-0.2, 0) is 6.54 Å². The molecule has 0 fully saturated rings. The summed E-state index contributed by atoms with van der Waals surface area (Å²) in [4.78, 5) is 27.7. The van der Waals surface area contributed by atoms with Crippen molar-refractivity contribution in [2.24, 2.45) is 0 Å². The molecule has 0 radical (unpaired) electrons. The Balaban J connectivity index is 1.80. The third kappa shape index (κ3) is 3.57. The summed E-state index contributed by atoms with van der Waals surface area (Å²) in [5.41, 5.74) is 2.54. The lowest BCUT2D eigenvalue weighted by Gasteiger charge is -2.18. The Labute approximate surface area is 173 Å². The van der Waals surface area contributed by atoms with Gasteiger partial charge in [0.1, 0.15) is 11.5 Å². The van der Waals surface area contributed by atoms with Crippen LogP contribution in [-0.4, -0.2) is 23.0 Å². The molecule has 1 N–H and O–H groups in total. The molecular weight excluding hydrogens is 378 g/mol. The molecule has 5 nitrogen and oxygen atoms in total. The molecule has 0 saturated heterocycles. The van der Waals surface area contributed by atoms with Gasteiger partial charge in [-0.25, -0.2) is 0 Å². The van der Waals surface area contributed by atoms with Crippen LogP contribution in [0.5, 0.6) is 5.75 Å². The maximum absolute atomic E-state index is 13.2. The van der Waals surface area contributed by atoms with Gasteiger partial charge >= 0.3 is 0 Å². The fraction of sp³-hybridized carbons (Fsp3) is 0.120. The highest BCUT2D eigenvalue weighted by Gasteiger charge is 2.20. The molecule has 0 bridgehead atoms. The highest BCUT2D eigenvalue weighted by molar-refractivity contribution is 6.05. The smallest absolute Gasteiger partial charge is 0.257 e. The van der Waals surface area contributed by atoms with Crippen molar-refractivity contribution in [3.63, 3.8) is 0 Å². The fourth-order valence-electron chi connectivity index (χ4n) is 3.55. The summed E-state index contributed by atoms with van der Waals surface area (Å²) >= 11 is 0. The zero-order valence-electron chi connectivity index (χ0n) is 16.8. The quantitative estimate of drug-likeness (QED) is 0.538. The molecule has 0 aliphatic carbocycles. The van der Waals surface area contributed by atoms with Crippen LogP contribution in [0.1, 0.15) is 21.5 Å². The maximum atomic E-state index is 13.2. The van der Waals surface area contributed by atoms with Crippen molar-refractivity contribution >= 4 is 16.9 Å². The number of nitrogens with zero attached hydrogens (tertiary/aromatic N) is 1. The van der Waals surface area contributed by atoms with Crippen molar-refractivity contribution in [1.29, 1.82) is 0 Å². The largest absolute Gasteiger partial charge is 0.508 e. The summed E-state index contributed by atoms with van der Waals surface area (Å²) in [6, 6.07) is 21.2. The lowest BCUT2D eigenvalue weighted by Crippen LogP contribution is -2.26. The topological polar surface area (TPSA) is 70.8 Å². The highest BCUT2D eigenvalue weighted by atomic mass is 16.3. The molecule has 1 heterocycles. The van der Waals surface area contributed by atoms with Crippen LogP contribution in [0.15, 0.2) is 82.0 Å². The van der Waals surface area contributed by atoms with Crippen molar-refractivity contribution in [2.75, 3.05) is 7.05 Å². The molecule has 30 heavy (non-hydrogen) atoms. The first-order valence-corrected chi connectivity index (χ1v) is 9.61. The molecule has 1 aromatic heterocycles. The number of aromatic hydroxyl groups is 1. The summed E-state index contributed by atoms with van der Waals surface area (Å²) < 4.78 is 6.14. The van der Waals surface area contributed by atoms with Gasteiger partial charge in [-0.15, -0.1) is 0 Å². The van der Waals surface area contributed by atoms with E-state index >= 15 is 0 Å². The van der Waals surface area contributed by atoms with Gasteiger partial charge in [-0.05, 0) is 36.8 Å². The molecule has 0 aliphatic heterocycles. The van der Waals surface area contributed by atoms with Gasteiger partial charge in [0.15, 0.2) is 11.0 Å². The Morgan fingerprint density at radius 2 is 1.73 bits per heavy atom. The van der Waals surface area contributed by atoms with Crippen molar-refractivity contribution < 1.29 is 14.3 Å². The lowest BCUT2D eigenvalue weighted by atomic mass is 10.0. The van der Waals surface area contributed by atoms with Crippen LogP contribution in [0.2, 0.25) is 0 Å². The Kier molecular flexibility index (Phi) is 5.11. The standard InChI is InChI=1S/C25H21NO4/c1-16-22(28)20-12-7-13-21(24(20)30-23(16)18-9-4-3-5-10-18)25(29)26(2)15-17-8-6-11-19(27)14-17/h3-14,27H,15H2,1-2H3. The van der Waals surface area contributed by atoms with Crippen LogP contribution in [0, 0.1) is 6.92 Å². The second kappa shape index (κ2) is 7.87. The normalized spacial score (nSPS) is 10.9. The number of amides is 1. The third-order valence-electron chi connectivity index (χ3n) is 5.09. The van der Waals surface area contributed by atoms with E-state index in [1.54, 1.807) is 50.4 Å². The highest BCUT2D eigenvalue weighted by Crippen LogP contribution is 2.28. The fourth-order valence-corrected chi connectivity index (χ4v) is 3.55. The van der Waals surface area contributed by atoms with Gasteiger partial charge in [-0.1, -0.05) is 48.5 Å². The van der Waals surface area contributed by atoms with E-state index in [0.717, 1.165) is 11.1 Å². The minimum Gasteiger partial charge on any atom is -0.508 e. The van der Waals surface area contributed by atoms with E-state index in [1.807, 2.05) is 36.4 Å². The Morgan fingerprint density at radius 3 is 2.47 bits per heavy atom. The minimum absolute atomic E-state index is 0.146. The number of hydrogen-bond acceptors (Lipinski definition) is 4. The summed E-state index contributed by atoms with van der Waals surface area (Å²) in [5, 5.41) is 10.0. The first-order chi connectivity index (χ1) is 14.5. The van der Waals surface area contributed by atoms with Gasteiger partial charge in [-0.2, -0.15) is 0 Å². The monoisotopic (exact) mass is 399 g/mol. The first kappa shape index (κ1) is 19.5. The Bertz CT molecular complexity index is 1290. The van der Waals surface area contributed by atoms with Crippen LogP contribution in [0.25, 0.3) is 22.3 Å². The summed E-state index contributed by atoms with van der Waals surface area (Å²) in [7, 11) is 1.68. The number of phenolic OH excluding ortho intramolecular Hbond substituents is 1. The molecule has 4 rings (SSSR count). The van der Waals surface area contributed by atoms with E-state index in [-0.39, 0.29) is 22.7 Å². The number of benzene rings is 3. The molecule has 4 aromatic rings. The third-order valence-corrected chi connectivity index (χ3v) is 5.09. The molecule has 0 saturated carbocycles. The zero-order chi connectivity index (χ0) is 21.3. The number of phenols is 1. The SMILES string of the molecule is Cc1c(-c2ccccc2)oc2c(C(=O)N(C)Cc3cccc(O)c3)cccc2c1=O. The average Bonchev–Trinajstić information content (AvgIpc) is 2.76. The van der Waals surface area contributed by atoms with Gasteiger partial charge in [0.2, 0.25) is 0 Å². The van der Waals surface area contributed by atoms with E-state index in [1.165, 1.54) is 4.90 Å². The molecule has 1 amide bonds. The minimum atomic E-state index is -0.269. The van der Waals surface area contributed by atoms with Crippen molar-refractivity contribution in [3.05, 3.63) is 99.7 Å². The van der Waals surface area contributed by atoms with Crippen LogP contribution in [0.4, 0.5) is 0 Å². The van der Waals surface area contributed by atoms with E-state index < -0.39 is 0 Å². The zero-order valence-corrected chi connectivity index (χ0v) is 16.8. The summed E-state index contributed by atoms with van der Waals surface area (Å²) in [6.07, 6.45) is 0.